The summed E-state index contributed by atoms with van der Waals surface area (Å²) < 4.78 is 10.5. The van der Waals surface area contributed by atoms with Gasteiger partial charge < -0.3 is 19.8 Å². The summed E-state index contributed by atoms with van der Waals surface area (Å²) in [5.41, 5.74) is 0.883. The predicted octanol–water partition coefficient (Wildman–Crippen LogP) is 2.69. The Morgan fingerprint density at radius 3 is 2.57 bits per heavy atom. The molecule has 0 radical (unpaired) electrons. The van der Waals surface area contributed by atoms with Crippen LogP contribution >= 0.6 is 0 Å². The van der Waals surface area contributed by atoms with Crippen molar-refractivity contribution in [2.75, 3.05) is 6.54 Å². The third-order valence-electron chi connectivity index (χ3n) is 3.17. The van der Waals surface area contributed by atoms with Crippen molar-refractivity contribution >= 4 is 12.0 Å². The van der Waals surface area contributed by atoms with Crippen LogP contribution in [0.25, 0.3) is 0 Å². The minimum atomic E-state index is -0.634. The van der Waals surface area contributed by atoms with Crippen molar-refractivity contribution in [3.8, 4) is 0 Å². The van der Waals surface area contributed by atoms with Crippen LogP contribution in [0, 0.1) is 6.92 Å². The lowest BCUT2D eigenvalue weighted by atomic mass is 10.2. The van der Waals surface area contributed by atoms with E-state index in [0.29, 0.717) is 5.76 Å². The van der Waals surface area contributed by atoms with Crippen molar-refractivity contribution in [1.82, 2.24) is 10.6 Å². The van der Waals surface area contributed by atoms with Gasteiger partial charge in [0.25, 0.3) is 0 Å². The lowest BCUT2D eigenvalue weighted by Crippen LogP contribution is -2.38. The van der Waals surface area contributed by atoms with E-state index < -0.39 is 6.09 Å². The van der Waals surface area contributed by atoms with Crippen LogP contribution in [-0.4, -0.2) is 18.5 Å². The number of rotatable bonds is 6. The summed E-state index contributed by atoms with van der Waals surface area (Å²) in [6.45, 7) is 3.65. The molecule has 0 spiro atoms. The molecule has 0 aliphatic heterocycles. The second-order valence-corrected chi connectivity index (χ2v) is 5.15. The van der Waals surface area contributed by atoms with E-state index in [-0.39, 0.29) is 25.1 Å². The van der Waals surface area contributed by atoms with E-state index in [2.05, 4.69) is 10.6 Å². The van der Waals surface area contributed by atoms with Crippen LogP contribution in [-0.2, 0) is 16.1 Å². The molecule has 0 bridgehead atoms. The first-order chi connectivity index (χ1) is 11.0. The first-order valence-electron chi connectivity index (χ1n) is 7.35. The number of hydrogen-bond donors (Lipinski definition) is 2. The number of aryl methyl sites for hydroxylation is 1. The lowest BCUT2D eigenvalue weighted by molar-refractivity contribution is -0.120. The minimum absolute atomic E-state index is 0.155. The summed E-state index contributed by atoms with van der Waals surface area (Å²) >= 11 is 0. The predicted molar refractivity (Wildman–Crippen MR) is 84.6 cm³/mol. The third kappa shape index (κ3) is 5.50. The Kier molecular flexibility index (Phi) is 5.80. The maximum atomic E-state index is 11.8. The van der Waals surface area contributed by atoms with Gasteiger partial charge in [-0.15, -0.1) is 0 Å². The second-order valence-electron chi connectivity index (χ2n) is 5.15. The van der Waals surface area contributed by atoms with Crippen molar-refractivity contribution in [2.24, 2.45) is 0 Å². The smallest absolute Gasteiger partial charge is 0.407 e. The zero-order chi connectivity index (χ0) is 16.7. The number of benzene rings is 1. The molecule has 6 heteroatoms. The monoisotopic (exact) mass is 316 g/mol. The van der Waals surface area contributed by atoms with Crippen LogP contribution in [0.5, 0.6) is 0 Å². The third-order valence-corrected chi connectivity index (χ3v) is 3.17. The summed E-state index contributed by atoms with van der Waals surface area (Å²) in [4.78, 5) is 23.3. The number of ether oxygens (including phenoxy) is 1. The molecular formula is C17H20N2O4. The molecule has 0 saturated heterocycles. The molecule has 23 heavy (non-hydrogen) atoms. The van der Waals surface area contributed by atoms with E-state index in [4.69, 9.17) is 9.15 Å². The van der Waals surface area contributed by atoms with E-state index in [1.807, 2.05) is 56.3 Å². The van der Waals surface area contributed by atoms with E-state index in [0.717, 1.165) is 11.3 Å². The topological polar surface area (TPSA) is 80.6 Å². The molecule has 1 aromatic carbocycles. The zero-order valence-corrected chi connectivity index (χ0v) is 13.2. The van der Waals surface area contributed by atoms with E-state index in [9.17, 15) is 9.59 Å². The van der Waals surface area contributed by atoms with Gasteiger partial charge in [0.2, 0.25) is 5.91 Å². The van der Waals surface area contributed by atoms with Gasteiger partial charge >= 0.3 is 6.09 Å². The van der Waals surface area contributed by atoms with Crippen molar-refractivity contribution < 1.29 is 18.7 Å². The molecule has 122 valence electrons. The number of nitrogens with one attached hydrogen (secondary N) is 2. The number of alkyl carbamates (subject to hydrolysis) is 1. The van der Waals surface area contributed by atoms with E-state index >= 15 is 0 Å². The summed E-state index contributed by atoms with van der Waals surface area (Å²) in [7, 11) is 0. The number of amides is 2. The molecule has 2 amide bonds. The highest BCUT2D eigenvalue weighted by Gasteiger charge is 2.13. The van der Waals surface area contributed by atoms with Gasteiger partial charge in [0.05, 0.1) is 6.04 Å². The highest BCUT2D eigenvalue weighted by atomic mass is 16.5. The van der Waals surface area contributed by atoms with Gasteiger partial charge in [-0.1, -0.05) is 30.3 Å². The number of furan rings is 1. The zero-order valence-electron chi connectivity index (χ0n) is 13.2. The van der Waals surface area contributed by atoms with Gasteiger partial charge in [0.1, 0.15) is 24.7 Å². The maximum Gasteiger partial charge on any atom is 0.407 e. The van der Waals surface area contributed by atoms with Gasteiger partial charge in [-0.25, -0.2) is 4.79 Å². The van der Waals surface area contributed by atoms with Crippen molar-refractivity contribution in [2.45, 2.75) is 26.5 Å². The lowest BCUT2D eigenvalue weighted by Gasteiger charge is -2.12. The van der Waals surface area contributed by atoms with Crippen LogP contribution in [0.2, 0.25) is 0 Å². The molecular weight excluding hydrogens is 296 g/mol. The normalized spacial score (nSPS) is 11.6. The van der Waals surface area contributed by atoms with Crippen molar-refractivity contribution in [3.63, 3.8) is 0 Å². The van der Waals surface area contributed by atoms with Crippen LogP contribution < -0.4 is 10.6 Å². The van der Waals surface area contributed by atoms with Crippen molar-refractivity contribution in [3.05, 3.63) is 59.5 Å². The summed E-state index contributed by atoms with van der Waals surface area (Å²) in [6, 6.07) is 12.7. The molecule has 0 aliphatic rings. The van der Waals surface area contributed by atoms with Gasteiger partial charge in [-0.2, -0.15) is 0 Å². The van der Waals surface area contributed by atoms with Gasteiger partial charge in [0.15, 0.2) is 0 Å². The largest absolute Gasteiger partial charge is 0.464 e. The molecule has 0 aliphatic carbocycles. The Bertz CT molecular complexity index is 652. The number of carbonyl (C=O) groups excluding carboxylic acids is 2. The summed E-state index contributed by atoms with van der Waals surface area (Å²) in [6.07, 6.45) is -0.634. The van der Waals surface area contributed by atoms with E-state index in [1.165, 1.54) is 0 Å². The molecule has 6 nitrogen and oxygen atoms in total. The van der Waals surface area contributed by atoms with Gasteiger partial charge in [-0.05, 0) is 31.5 Å². The highest BCUT2D eigenvalue weighted by molar-refractivity contribution is 5.82. The summed E-state index contributed by atoms with van der Waals surface area (Å²) in [5.74, 6) is 1.13. The van der Waals surface area contributed by atoms with Crippen molar-refractivity contribution in [1.29, 1.82) is 0 Å². The molecule has 1 heterocycles. The fourth-order valence-electron chi connectivity index (χ4n) is 1.98. The Balaban J connectivity index is 1.68. The molecule has 2 aromatic rings. The minimum Gasteiger partial charge on any atom is -0.464 e. The van der Waals surface area contributed by atoms with Gasteiger partial charge in [0, 0.05) is 0 Å². The van der Waals surface area contributed by atoms with Crippen LogP contribution in [0.1, 0.15) is 30.0 Å². The molecule has 1 atom stereocenters. The van der Waals surface area contributed by atoms with Gasteiger partial charge in [-0.3, -0.25) is 4.79 Å². The number of hydrogen-bond acceptors (Lipinski definition) is 4. The Labute approximate surface area is 134 Å². The summed E-state index contributed by atoms with van der Waals surface area (Å²) in [5, 5.41) is 5.15. The fraction of sp³-hybridized carbons (Fsp3) is 0.294. The molecule has 1 aromatic heterocycles. The maximum absolute atomic E-state index is 11.8. The SMILES string of the molecule is Cc1ccc([C@@H](C)NC(=O)CNC(=O)OCc2ccccc2)o1. The first-order valence-corrected chi connectivity index (χ1v) is 7.35. The highest BCUT2D eigenvalue weighted by Crippen LogP contribution is 2.15. The second kappa shape index (κ2) is 8.03. The fourth-order valence-corrected chi connectivity index (χ4v) is 1.98. The average Bonchev–Trinajstić information content (AvgIpc) is 2.98. The first kappa shape index (κ1) is 16.6. The van der Waals surface area contributed by atoms with Crippen LogP contribution in [0.15, 0.2) is 46.9 Å². The Morgan fingerprint density at radius 2 is 1.91 bits per heavy atom. The molecule has 0 fully saturated rings. The average molecular weight is 316 g/mol. The Hall–Kier alpha value is -2.76. The molecule has 2 N–H and O–H groups in total. The number of carbonyl (C=O) groups is 2. The van der Waals surface area contributed by atoms with Crippen LogP contribution in [0.4, 0.5) is 4.79 Å². The quantitative estimate of drug-likeness (QED) is 0.858. The molecule has 0 unspecified atom stereocenters. The molecule has 2 rings (SSSR count). The standard InChI is InChI=1S/C17H20N2O4/c1-12-8-9-15(23-12)13(2)19-16(20)10-18-17(21)22-11-14-6-4-3-5-7-14/h3-9,13H,10-11H2,1-2H3,(H,18,21)(H,19,20)/t13-/m1/s1. The van der Waals surface area contributed by atoms with E-state index in [1.54, 1.807) is 0 Å². The Morgan fingerprint density at radius 1 is 1.17 bits per heavy atom. The van der Waals surface area contributed by atoms with Crippen LogP contribution in [0.3, 0.4) is 0 Å². The molecule has 0 saturated carbocycles.